The highest BCUT2D eigenvalue weighted by Gasteiger charge is 2.30. The van der Waals surface area contributed by atoms with Crippen LogP contribution in [0.1, 0.15) is 13.3 Å². The highest BCUT2D eigenvalue weighted by molar-refractivity contribution is 5.71. The molecule has 1 N–H and O–H groups in total. The van der Waals surface area contributed by atoms with Gasteiger partial charge in [-0.05, 0) is 6.42 Å². The molecule has 1 aliphatic heterocycles. The normalized spacial score (nSPS) is 27.9. The Kier molecular flexibility index (Phi) is 4.10. The maximum atomic E-state index is 10.8. The van der Waals surface area contributed by atoms with Crippen molar-refractivity contribution in [1.82, 2.24) is 0 Å². The van der Waals surface area contributed by atoms with E-state index in [0.29, 0.717) is 13.0 Å². The van der Waals surface area contributed by atoms with Crippen LogP contribution in [0.15, 0.2) is 12.2 Å². The third kappa shape index (κ3) is 2.56. The Hall–Kier alpha value is -0.870. The lowest BCUT2D eigenvalue weighted by Gasteiger charge is -2.18. The van der Waals surface area contributed by atoms with Gasteiger partial charge >= 0.3 is 5.97 Å². The quantitative estimate of drug-likeness (QED) is 0.674. The van der Waals surface area contributed by atoms with Crippen molar-refractivity contribution in [1.29, 1.82) is 0 Å². The largest absolute Gasteiger partial charge is 0.481 e. The summed E-state index contributed by atoms with van der Waals surface area (Å²) in [6.07, 6.45) is 3.84. The highest BCUT2D eigenvalue weighted by atomic mass is 16.5. The van der Waals surface area contributed by atoms with Gasteiger partial charge in [0.25, 0.3) is 0 Å². The summed E-state index contributed by atoms with van der Waals surface area (Å²) >= 11 is 0. The number of hydrogen-bond donors (Lipinski definition) is 1. The van der Waals surface area contributed by atoms with Crippen LogP contribution in [-0.4, -0.2) is 37.0 Å². The summed E-state index contributed by atoms with van der Waals surface area (Å²) in [6, 6.07) is 0. The standard InChI is InChI=1S/C10H16O4/c1-3-8(10(11)12)9-5-4-7(14-9)6-13-2/h4-5,7-9H,3,6H2,1-2H3,(H,11,12)/t7-,8+,9-/m0/s1. The molecule has 0 bridgehead atoms. The molecule has 0 spiro atoms. The van der Waals surface area contributed by atoms with Crippen LogP contribution < -0.4 is 0 Å². The van der Waals surface area contributed by atoms with Crippen molar-refractivity contribution in [2.75, 3.05) is 13.7 Å². The van der Waals surface area contributed by atoms with Crippen molar-refractivity contribution in [3.05, 3.63) is 12.2 Å². The Morgan fingerprint density at radius 2 is 2.36 bits per heavy atom. The van der Waals surface area contributed by atoms with Gasteiger partial charge in [0.1, 0.15) is 0 Å². The van der Waals surface area contributed by atoms with E-state index in [1.165, 1.54) is 0 Å². The van der Waals surface area contributed by atoms with E-state index in [1.54, 1.807) is 7.11 Å². The fraction of sp³-hybridized carbons (Fsp3) is 0.700. The summed E-state index contributed by atoms with van der Waals surface area (Å²) in [5.74, 6) is -1.26. The number of hydrogen-bond acceptors (Lipinski definition) is 3. The molecular weight excluding hydrogens is 184 g/mol. The maximum Gasteiger partial charge on any atom is 0.309 e. The summed E-state index contributed by atoms with van der Waals surface area (Å²) in [5.41, 5.74) is 0. The molecule has 0 radical (unpaired) electrons. The first-order valence-corrected chi connectivity index (χ1v) is 4.74. The van der Waals surface area contributed by atoms with Gasteiger partial charge in [-0.25, -0.2) is 0 Å². The van der Waals surface area contributed by atoms with E-state index in [0.717, 1.165) is 0 Å². The Bertz CT molecular complexity index is 224. The second kappa shape index (κ2) is 5.12. The van der Waals surface area contributed by atoms with Crippen LogP contribution >= 0.6 is 0 Å². The topological polar surface area (TPSA) is 55.8 Å². The molecule has 0 aromatic rings. The minimum atomic E-state index is -0.805. The minimum Gasteiger partial charge on any atom is -0.481 e. The number of carboxylic acids is 1. The van der Waals surface area contributed by atoms with Crippen molar-refractivity contribution in [3.8, 4) is 0 Å². The molecule has 0 saturated heterocycles. The molecule has 0 saturated carbocycles. The van der Waals surface area contributed by atoms with Crippen LogP contribution in [-0.2, 0) is 14.3 Å². The molecule has 0 unspecified atom stereocenters. The molecule has 0 aromatic carbocycles. The highest BCUT2D eigenvalue weighted by Crippen LogP contribution is 2.21. The zero-order valence-corrected chi connectivity index (χ0v) is 8.47. The number of methoxy groups -OCH3 is 1. The molecule has 80 valence electrons. The van der Waals surface area contributed by atoms with Gasteiger partial charge in [-0.15, -0.1) is 0 Å². The molecule has 3 atom stereocenters. The lowest BCUT2D eigenvalue weighted by atomic mass is 10.0. The second-order valence-corrected chi connectivity index (χ2v) is 3.33. The summed E-state index contributed by atoms with van der Waals surface area (Å²) in [7, 11) is 1.60. The first-order valence-electron chi connectivity index (χ1n) is 4.74. The number of aliphatic carboxylic acids is 1. The van der Waals surface area contributed by atoms with Gasteiger partial charge in [0.15, 0.2) is 0 Å². The summed E-state index contributed by atoms with van der Waals surface area (Å²) in [5, 5.41) is 8.90. The first-order chi connectivity index (χ1) is 6.69. The molecule has 0 amide bonds. The first kappa shape index (κ1) is 11.2. The Balaban J connectivity index is 2.48. The minimum absolute atomic E-state index is 0.0987. The van der Waals surface area contributed by atoms with Gasteiger partial charge in [0.05, 0.1) is 24.7 Å². The molecule has 0 fully saturated rings. The van der Waals surface area contributed by atoms with E-state index < -0.39 is 11.9 Å². The summed E-state index contributed by atoms with van der Waals surface area (Å²) < 4.78 is 10.4. The molecule has 1 heterocycles. The molecule has 14 heavy (non-hydrogen) atoms. The summed E-state index contributed by atoms with van der Waals surface area (Å²) in [4.78, 5) is 10.8. The lowest BCUT2D eigenvalue weighted by Crippen LogP contribution is -2.29. The van der Waals surface area contributed by atoms with Crippen molar-refractivity contribution < 1.29 is 19.4 Å². The predicted molar refractivity (Wildman–Crippen MR) is 51.1 cm³/mol. The predicted octanol–water partition coefficient (Wildman–Crippen LogP) is 1.07. The molecular formula is C10H16O4. The van der Waals surface area contributed by atoms with Gasteiger partial charge in [0.2, 0.25) is 0 Å². The van der Waals surface area contributed by atoms with Crippen molar-refractivity contribution in [2.24, 2.45) is 5.92 Å². The van der Waals surface area contributed by atoms with E-state index in [2.05, 4.69) is 0 Å². The number of carboxylic acid groups (broad SMARTS) is 1. The maximum absolute atomic E-state index is 10.8. The molecule has 1 aliphatic rings. The molecule has 0 aliphatic carbocycles. The van der Waals surface area contributed by atoms with Gasteiger partial charge in [-0.2, -0.15) is 0 Å². The lowest BCUT2D eigenvalue weighted by molar-refractivity contribution is -0.146. The van der Waals surface area contributed by atoms with Crippen LogP contribution in [0.4, 0.5) is 0 Å². The third-order valence-electron chi connectivity index (χ3n) is 2.33. The SMILES string of the molecule is CC[C@@H](C(=O)O)[C@@H]1C=C[C@@H](COC)O1. The van der Waals surface area contributed by atoms with Crippen LogP contribution in [0, 0.1) is 5.92 Å². The van der Waals surface area contributed by atoms with Crippen LogP contribution in [0.3, 0.4) is 0 Å². The Labute approximate surface area is 83.5 Å². The van der Waals surface area contributed by atoms with E-state index in [-0.39, 0.29) is 12.2 Å². The van der Waals surface area contributed by atoms with E-state index in [1.807, 2.05) is 19.1 Å². The van der Waals surface area contributed by atoms with E-state index in [4.69, 9.17) is 14.6 Å². The smallest absolute Gasteiger partial charge is 0.309 e. The zero-order valence-electron chi connectivity index (χ0n) is 8.47. The Morgan fingerprint density at radius 3 is 2.86 bits per heavy atom. The van der Waals surface area contributed by atoms with Crippen LogP contribution in [0.2, 0.25) is 0 Å². The fourth-order valence-corrected chi connectivity index (χ4v) is 1.56. The van der Waals surface area contributed by atoms with Crippen molar-refractivity contribution in [3.63, 3.8) is 0 Å². The molecule has 4 nitrogen and oxygen atoms in total. The molecule has 1 rings (SSSR count). The average molecular weight is 200 g/mol. The monoisotopic (exact) mass is 200 g/mol. The molecule has 0 aromatic heterocycles. The van der Waals surface area contributed by atoms with Gasteiger partial charge in [0, 0.05) is 7.11 Å². The van der Waals surface area contributed by atoms with E-state index in [9.17, 15) is 4.79 Å². The van der Waals surface area contributed by atoms with Crippen molar-refractivity contribution in [2.45, 2.75) is 25.6 Å². The number of rotatable bonds is 5. The van der Waals surface area contributed by atoms with Gasteiger partial charge in [-0.1, -0.05) is 19.1 Å². The Morgan fingerprint density at radius 1 is 1.64 bits per heavy atom. The average Bonchev–Trinajstić information content (AvgIpc) is 2.54. The second-order valence-electron chi connectivity index (χ2n) is 3.33. The number of carbonyl (C=O) groups is 1. The van der Waals surface area contributed by atoms with Crippen molar-refractivity contribution >= 4 is 5.97 Å². The fourth-order valence-electron chi connectivity index (χ4n) is 1.56. The summed E-state index contributed by atoms with van der Waals surface area (Å²) in [6.45, 7) is 2.32. The van der Waals surface area contributed by atoms with E-state index >= 15 is 0 Å². The third-order valence-corrected chi connectivity index (χ3v) is 2.33. The van der Waals surface area contributed by atoms with Gasteiger partial charge in [-0.3, -0.25) is 4.79 Å². The van der Waals surface area contributed by atoms with Gasteiger partial charge < -0.3 is 14.6 Å². The van der Waals surface area contributed by atoms with Crippen LogP contribution in [0.25, 0.3) is 0 Å². The zero-order chi connectivity index (χ0) is 10.6. The van der Waals surface area contributed by atoms with Crippen LogP contribution in [0.5, 0.6) is 0 Å². The number of ether oxygens (including phenoxy) is 2. The molecule has 4 heteroatoms.